The van der Waals surface area contributed by atoms with Gasteiger partial charge in [0, 0.05) is 25.8 Å². The number of carbonyl (C=O) groups is 1. The molecule has 0 saturated carbocycles. The van der Waals surface area contributed by atoms with E-state index in [2.05, 4.69) is 15.4 Å². The first-order chi connectivity index (χ1) is 12.5. The summed E-state index contributed by atoms with van der Waals surface area (Å²) in [5.74, 6) is 1.56. The number of carbonyl (C=O) groups excluding carboxylic acids is 1. The number of fused-ring (bicyclic) bond motifs is 2. The predicted octanol–water partition coefficient (Wildman–Crippen LogP) is 1.30. The van der Waals surface area contributed by atoms with Crippen molar-refractivity contribution >= 4 is 29.3 Å². The Labute approximate surface area is 164 Å². The molecule has 2 N–H and O–H groups in total. The minimum atomic E-state index is -0.142. The summed E-state index contributed by atoms with van der Waals surface area (Å²) < 4.78 is 1.64. The summed E-state index contributed by atoms with van der Waals surface area (Å²) in [5, 5.41) is 6.82. The molecule has 0 unspecified atom stereocenters. The van der Waals surface area contributed by atoms with Crippen molar-refractivity contribution in [1.29, 1.82) is 0 Å². The molecule has 0 bridgehead atoms. The number of hydrogen-bond acceptors (Lipinski definition) is 4. The number of hydrogen-bond donors (Lipinski definition) is 2. The molecule has 4 heterocycles. The number of aromatic nitrogens is 3. The van der Waals surface area contributed by atoms with E-state index in [0.717, 1.165) is 55.8 Å². The number of nitrogens with one attached hydrogen (secondary N) is 2. The van der Waals surface area contributed by atoms with Gasteiger partial charge in [0.05, 0.1) is 11.8 Å². The molecule has 8 heteroatoms. The van der Waals surface area contributed by atoms with E-state index in [1.165, 1.54) is 0 Å². The molecule has 7 nitrogen and oxygen atoms in total. The van der Waals surface area contributed by atoms with Gasteiger partial charge >= 0.3 is 0 Å². The average Bonchev–Trinajstić information content (AvgIpc) is 3.09. The standard InChI is InChI=1S/C19H27N5O2.ClH/c1-11-15(12(2)21-18-17(11)19(26)22-23(18)3)8-16(25)24-6-4-13-9-20-10-14(13)5-7-24;/h13-14,20H,4-10H2,1-3H3,(H,22,26);1H/t13-,14+;. The van der Waals surface area contributed by atoms with Crippen LogP contribution in [0.1, 0.15) is 29.7 Å². The predicted molar refractivity (Wildman–Crippen MR) is 107 cm³/mol. The maximum Gasteiger partial charge on any atom is 0.273 e. The van der Waals surface area contributed by atoms with Crippen molar-refractivity contribution in [2.75, 3.05) is 26.2 Å². The molecule has 2 saturated heterocycles. The first kappa shape index (κ1) is 19.9. The SMILES string of the molecule is Cc1nc2c(c(C)c1CC(=O)N1CC[C@@H]3CNC[C@@H]3CC1)c(=O)[nH]n2C.Cl. The third-order valence-electron chi connectivity index (χ3n) is 6.28. The van der Waals surface area contributed by atoms with Crippen LogP contribution in [-0.2, 0) is 18.3 Å². The highest BCUT2D eigenvalue weighted by Crippen LogP contribution is 2.28. The fourth-order valence-corrected chi connectivity index (χ4v) is 4.64. The summed E-state index contributed by atoms with van der Waals surface area (Å²) in [6, 6.07) is 0. The summed E-state index contributed by atoms with van der Waals surface area (Å²) in [6.45, 7) is 7.69. The summed E-state index contributed by atoms with van der Waals surface area (Å²) in [7, 11) is 1.78. The van der Waals surface area contributed by atoms with E-state index in [1.807, 2.05) is 18.7 Å². The molecular weight excluding hydrogens is 366 g/mol. The van der Waals surface area contributed by atoms with E-state index in [1.54, 1.807) is 11.7 Å². The third kappa shape index (κ3) is 3.50. The van der Waals surface area contributed by atoms with Crippen molar-refractivity contribution < 1.29 is 4.79 Å². The molecule has 2 aliphatic heterocycles. The Hall–Kier alpha value is -1.86. The number of halogens is 1. The number of aryl methyl sites for hydroxylation is 3. The number of amides is 1. The highest BCUT2D eigenvalue weighted by molar-refractivity contribution is 5.85. The van der Waals surface area contributed by atoms with E-state index in [4.69, 9.17) is 0 Å². The van der Waals surface area contributed by atoms with Gasteiger partial charge in [0.25, 0.3) is 5.56 Å². The topological polar surface area (TPSA) is 83.0 Å². The van der Waals surface area contributed by atoms with Crippen LogP contribution in [0.2, 0.25) is 0 Å². The maximum atomic E-state index is 13.0. The fraction of sp³-hybridized carbons (Fsp3) is 0.632. The van der Waals surface area contributed by atoms with E-state index >= 15 is 0 Å². The van der Waals surface area contributed by atoms with Gasteiger partial charge in [0.2, 0.25) is 5.91 Å². The number of aromatic amines is 1. The van der Waals surface area contributed by atoms with Crippen LogP contribution in [0.4, 0.5) is 0 Å². The van der Waals surface area contributed by atoms with Crippen molar-refractivity contribution in [2.24, 2.45) is 18.9 Å². The molecule has 148 valence electrons. The molecule has 27 heavy (non-hydrogen) atoms. The van der Waals surface area contributed by atoms with E-state index in [0.29, 0.717) is 29.3 Å². The quantitative estimate of drug-likeness (QED) is 0.805. The van der Waals surface area contributed by atoms with Crippen LogP contribution in [0.25, 0.3) is 11.0 Å². The Morgan fingerprint density at radius 1 is 1.19 bits per heavy atom. The lowest BCUT2D eigenvalue weighted by molar-refractivity contribution is -0.130. The Morgan fingerprint density at radius 3 is 2.44 bits per heavy atom. The van der Waals surface area contributed by atoms with Gasteiger partial charge in [-0.2, -0.15) is 0 Å². The maximum absolute atomic E-state index is 13.0. The van der Waals surface area contributed by atoms with E-state index in [9.17, 15) is 9.59 Å². The van der Waals surface area contributed by atoms with Gasteiger partial charge in [0.1, 0.15) is 0 Å². The molecule has 0 aliphatic carbocycles. The first-order valence-electron chi connectivity index (χ1n) is 9.49. The lowest BCUT2D eigenvalue weighted by atomic mass is 9.92. The zero-order valence-corrected chi connectivity index (χ0v) is 17.0. The number of pyridine rings is 1. The smallest absolute Gasteiger partial charge is 0.273 e. The molecule has 1 amide bonds. The van der Waals surface area contributed by atoms with Gasteiger partial charge in [-0.3, -0.25) is 19.4 Å². The zero-order chi connectivity index (χ0) is 18.4. The normalized spacial score (nSPS) is 22.4. The number of nitrogens with zero attached hydrogens (tertiary/aromatic N) is 3. The van der Waals surface area contributed by atoms with Crippen LogP contribution in [0.5, 0.6) is 0 Å². The second kappa shape index (κ2) is 7.64. The molecule has 0 radical (unpaired) electrons. The number of H-pyrrole nitrogens is 1. The second-order valence-corrected chi connectivity index (χ2v) is 7.81. The second-order valence-electron chi connectivity index (χ2n) is 7.81. The van der Waals surface area contributed by atoms with E-state index in [-0.39, 0.29) is 23.9 Å². The lowest BCUT2D eigenvalue weighted by Crippen LogP contribution is -2.34. The zero-order valence-electron chi connectivity index (χ0n) is 16.2. The summed E-state index contributed by atoms with van der Waals surface area (Å²) in [4.78, 5) is 31.8. The fourth-order valence-electron chi connectivity index (χ4n) is 4.64. The minimum Gasteiger partial charge on any atom is -0.342 e. The van der Waals surface area contributed by atoms with Crippen molar-refractivity contribution in [2.45, 2.75) is 33.1 Å². The lowest BCUT2D eigenvalue weighted by Gasteiger charge is -2.22. The Kier molecular flexibility index (Phi) is 5.63. The molecule has 4 rings (SSSR count). The molecule has 2 aromatic rings. The van der Waals surface area contributed by atoms with Crippen molar-refractivity contribution in [1.82, 2.24) is 25.0 Å². The van der Waals surface area contributed by atoms with E-state index < -0.39 is 0 Å². The number of rotatable bonds is 2. The van der Waals surface area contributed by atoms with Gasteiger partial charge in [-0.05, 0) is 62.7 Å². The molecule has 2 aliphatic rings. The summed E-state index contributed by atoms with van der Waals surface area (Å²) in [5.41, 5.74) is 3.10. The minimum absolute atomic E-state index is 0. The van der Waals surface area contributed by atoms with Crippen molar-refractivity contribution in [3.63, 3.8) is 0 Å². The molecular formula is C19H28ClN5O2. The van der Waals surface area contributed by atoms with Gasteiger partial charge in [-0.15, -0.1) is 12.4 Å². The van der Waals surface area contributed by atoms with Crippen molar-refractivity contribution in [3.8, 4) is 0 Å². The first-order valence-corrected chi connectivity index (χ1v) is 9.49. The van der Waals surface area contributed by atoms with Crippen LogP contribution in [0.3, 0.4) is 0 Å². The Bertz CT molecular complexity index is 905. The van der Waals surface area contributed by atoms with Gasteiger partial charge in [0.15, 0.2) is 5.65 Å². The highest BCUT2D eigenvalue weighted by atomic mass is 35.5. The van der Waals surface area contributed by atoms with Gasteiger partial charge in [-0.25, -0.2) is 4.98 Å². The highest BCUT2D eigenvalue weighted by Gasteiger charge is 2.31. The van der Waals surface area contributed by atoms with Crippen LogP contribution in [0.15, 0.2) is 4.79 Å². The Morgan fingerprint density at radius 2 is 1.81 bits per heavy atom. The van der Waals surface area contributed by atoms with Crippen molar-refractivity contribution in [3.05, 3.63) is 27.2 Å². The third-order valence-corrected chi connectivity index (χ3v) is 6.28. The molecule has 0 aromatic carbocycles. The van der Waals surface area contributed by atoms with Crippen LogP contribution >= 0.6 is 12.4 Å². The van der Waals surface area contributed by atoms with Crippen LogP contribution < -0.4 is 10.9 Å². The summed E-state index contributed by atoms with van der Waals surface area (Å²) >= 11 is 0. The van der Waals surface area contributed by atoms with Crippen LogP contribution in [-0.4, -0.2) is 51.8 Å². The molecule has 0 spiro atoms. The average molecular weight is 394 g/mol. The molecule has 2 fully saturated rings. The largest absolute Gasteiger partial charge is 0.342 e. The molecule has 2 atom stereocenters. The summed E-state index contributed by atoms with van der Waals surface area (Å²) in [6.07, 6.45) is 2.48. The van der Waals surface area contributed by atoms with Gasteiger partial charge in [-0.1, -0.05) is 0 Å². The monoisotopic (exact) mass is 393 g/mol. The number of likely N-dealkylation sites (tertiary alicyclic amines) is 1. The Balaban J connectivity index is 0.00000210. The van der Waals surface area contributed by atoms with Gasteiger partial charge < -0.3 is 10.2 Å². The van der Waals surface area contributed by atoms with Crippen LogP contribution in [0, 0.1) is 25.7 Å². The molecule has 2 aromatic heterocycles.